The van der Waals surface area contributed by atoms with Crippen LogP contribution in [0.25, 0.3) is 0 Å². The summed E-state index contributed by atoms with van der Waals surface area (Å²) >= 11 is 0. The van der Waals surface area contributed by atoms with Gasteiger partial charge < -0.3 is 33.2 Å². The first-order valence-electron chi connectivity index (χ1n) is 9.91. The third kappa shape index (κ3) is 3.36. The van der Waals surface area contributed by atoms with Crippen molar-refractivity contribution in [1.29, 1.82) is 0 Å². The Balaban J connectivity index is 2.10. The predicted molar refractivity (Wildman–Crippen MR) is 107 cm³/mol. The molecule has 0 aromatic rings. The molecule has 1 N–H and O–H groups in total. The van der Waals surface area contributed by atoms with Crippen LogP contribution in [0.15, 0.2) is 11.3 Å². The average molecular weight is 431 g/mol. The molecular weight excluding hydrogens is 396 g/mol. The van der Waals surface area contributed by atoms with Gasteiger partial charge in [0.1, 0.15) is 24.1 Å². The number of aliphatic hydroxyl groups is 1. The second-order valence-corrected chi connectivity index (χ2v) is 14.8. The van der Waals surface area contributed by atoms with Gasteiger partial charge in [0.15, 0.2) is 20.4 Å². The Morgan fingerprint density at radius 3 is 2.31 bits per heavy atom. The summed E-state index contributed by atoms with van der Waals surface area (Å²) in [5.74, 6) is -1.75. The minimum Gasteiger partial charge on any atom is -0.509 e. The van der Waals surface area contributed by atoms with E-state index in [4.69, 9.17) is 28.1 Å². The Morgan fingerprint density at radius 2 is 1.79 bits per heavy atom. The van der Waals surface area contributed by atoms with Gasteiger partial charge in [-0.25, -0.2) is 4.79 Å². The molecule has 0 saturated carbocycles. The van der Waals surface area contributed by atoms with Crippen molar-refractivity contribution in [3.8, 4) is 0 Å². The molecule has 2 saturated heterocycles. The fraction of sp³-hybridized carbons (Fsp3) is 0.850. The first kappa shape index (κ1) is 22.7. The number of carbonyl (C=O) groups is 1. The van der Waals surface area contributed by atoms with Gasteiger partial charge in [-0.15, -0.1) is 0 Å². The molecule has 29 heavy (non-hydrogen) atoms. The summed E-state index contributed by atoms with van der Waals surface area (Å²) in [6.45, 7) is 14.4. The van der Waals surface area contributed by atoms with Gasteiger partial charge in [-0.2, -0.15) is 0 Å². The predicted octanol–water partition coefficient (Wildman–Crippen LogP) is 2.88. The summed E-state index contributed by atoms with van der Waals surface area (Å²) in [6, 6.07) is 0. The summed E-state index contributed by atoms with van der Waals surface area (Å²) in [5, 5.41) is 10.9. The molecule has 3 rings (SSSR count). The van der Waals surface area contributed by atoms with E-state index >= 15 is 0 Å². The number of fused-ring (bicyclic) bond motifs is 3. The minimum atomic E-state index is -2.20. The van der Waals surface area contributed by atoms with Crippen LogP contribution in [0.3, 0.4) is 0 Å². The minimum absolute atomic E-state index is 0.0409. The molecule has 2 heterocycles. The normalized spacial score (nSPS) is 36.3. The molecule has 0 unspecified atom stereocenters. The summed E-state index contributed by atoms with van der Waals surface area (Å²) < 4.78 is 35.3. The van der Waals surface area contributed by atoms with Gasteiger partial charge in [-0.1, -0.05) is 20.8 Å². The lowest BCUT2D eigenvalue weighted by atomic mass is 9.76. The third-order valence-corrected chi connectivity index (χ3v) is 11.2. The van der Waals surface area contributed by atoms with Gasteiger partial charge in [0.25, 0.3) is 0 Å². The van der Waals surface area contributed by atoms with Crippen LogP contribution in [0.2, 0.25) is 18.1 Å². The lowest BCUT2D eigenvalue weighted by Gasteiger charge is -2.41. The number of methoxy groups -OCH3 is 2. The van der Waals surface area contributed by atoms with Crippen LogP contribution >= 0.6 is 0 Å². The number of rotatable bonds is 5. The van der Waals surface area contributed by atoms with Crippen LogP contribution in [-0.2, 0) is 32.9 Å². The Kier molecular flexibility index (Phi) is 5.51. The van der Waals surface area contributed by atoms with E-state index in [1.165, 1.54) is 14.2 Å². The van der Waals surface area contributed by atoms with Gasteiger partial charge in [-0.05, 0) is 32.0 Å². The van der Waals surface area contributed by atoms with Crippen molar-refractivity contribution in [2.24, 2.45) is 5.41 Å². The van der Waals surface area contributed by atoms with Crippen LogP contribution in [0.5, 0.6) is 0 Å². The second-order valence-electron chi connectivity index (χ2n) is 9.98. The van der Waals surface area contributed by atoms with Crippen LogP contribution in [0.1, 0.15) is 34.6 Å². The topological polar surface area (TPSA) is 92.7 Å². The first-order valence-corrected chi connectivity index (χ1v) is 12.8. The smallest absolute Gasteiger partial charge is 0.338 e. The fourth-order valence-corrected chi connectivity index (χ4v) is 5.17. The van der Waals surface area contributed by atoms with Crippen LogP contribution < -0.4 is 0 Å². The number of ether oxygens (including phenoxy) is 5. The van der Waals surface area contributed by atoms with Crippen molar-refractivity contribution >= 4 is 14.3 Å². The zero-order valence-electron chi connectivity index (χ0n) is 18.8. The van der Waals surface area contributed by atoms with E-state index in [-0.39, 0.29) is 23.0 Å². The SMILES string of the molecule is COC(=O)C1=C(O)[C@H](OC)[C@H]2O[C@@H]3OC(C)(C)O[C@@H]3[C@@]12CO[Si](C)(C)C(C)(C)C. The Labute approximate surface area is 173 Å². The summed E-state index contributed by atoms with van der Waals surface area (Å²) in [4.78, 5) is 12.8. The third-order valence-electron chi connectivity index (χ3n) is 6.74. The molecule has 0 aromatic heterocycles. The molecular formula is C20H34O8Si. The summed E-state index contributed by atoms with van der Waals surface area (Å²) in [7, 11) is 0.548. The Hall–Kier alpha value is -0.973. The maximum Gasteiger partial charge on any atom is 0.338 e. The molecule has 9 heteroatoms. The van der Waals surface area contributed by atoms with Crippen molar-refractivity contribution in [2.75, 3.05) is 20.8 Å². The fourth-order valence-electron chi connectivity index (χ4n) is 4.14. The molecule has 0 radical (unpaired) electrons. The van der Waals surface area contributed by atoms with E-state index in [2.05, 4.69) is 33.9 Å². The highest BCUT2D eigenvalue weighted by Gasteiger charge is 2.73. The first-order chi connectivity index (χ1) is 13.2. The van der Waals surface area contributed by atoms with E-state index in [9.17, 15) is 9.90 Å². The van der Waals surface area contributed by atoms with E-state index in [1.54, 1.807) is 13.8 Å². The molecule has 3 aliphatic rings. The molecule has 0 spiro atoms. The lowest BCUT2D eigenvalue weighted by molar-refractivity contribution is -0.226. The van der Waals surface area contributed by atoms with E-state index in [1.807, 2.05) is 0 Å². The molecule has 1 aliphatic carbocycles. The van der Waals surface area contributed by atoms with E-state index < -0.39 is 50.1 Å². The number of carbonyl (C=O) groups excluding carboxylic acids is 1. The Morgan fingerprint density at radius 1 is 1.17 bits per heavy atom. The van der Waals surface area contributed by atoms with Crippen molar-refractivity contribution in [2.45, 2.75) is 83.1 Å². The van der Waals surface area contributed by atoms with E-state index in [0.29, 0.717) is 0 Å². The highest BCUT2D eigenvalue weighted by molar-refractivity contribution is 6.74. The second kappa shape index (κ2) is 7.03. The molecule has 166 valence electrons. The zero-order chi connectivity index (χ0) is 22.0. The van der Waals surface area contributed by atoms with Gasteiger partial charge >= 0.3 is 5.97 Å². The average Bonchev–Trinajstić information content (AvgIpc) is 3.12. The van der Waals surface area contributed by atoms with Gasteiger partial charge in [0, 0.05) is 13.7 Å². The van der Waals surface area contributed by atoms with Crippen molar-refractivity contribution in [3.05, 3.63) is 11.3 Å². The highest BCUT2D eigenvalue weighted by atomic mass is 28.4. The van der Waals surface area contributed by atoms with E-state index in [0.717, 1.165) is 0 Å². The maximum absolute atomic E-state index is 12.8. The maximum atomic E-state index is 12.8. The highest BCUT2D eigenvalue weighted by Crippen LogP contribution is 2.59. The van der Waals surface area contributed by atoms with Gasteiger partial charge in [0.2, 0.25) is 0 Å². The molecule has 2 aliphatic heterocycles. The molecule has 2 fully saturated rings. The number of aliphatic hydroxyl groups excluding tert-OH is 1. The molecule has 8 nitrogen and oxygen atoms in total. The molecule has 0 amide bonds. The molecule has 0 aromatic carbocycles. The zero-order valence-corrected chi connectivity index (χ0v) is 19.8. The van der Waals surface area contributed by atoms with Gasteiger partial charge in [0.05, 0.1) is 18.1 Å². The number of hydrogen-bond acceptors (Lipinski definition) is 8. The van der Waals surface area contributed by atoms with Crippen molar-refractivity contribution in [3.63, 3.8) is 0 Å². The molecule has 5 atom stereocenters. The van der Waals surface area contributed by atoms with Gasteiger partial charge in [-0.3, -0.25) is 0 Å². The van der Waals surface area contributed by atoms with Crippen molar-refractivity contribution < 1.29 is 38.0 Å². The number of hydrogen-bond donors (Lipinski definition) is 1. The largest absolute Gasteiger partial charge is 0.509 e. The van der Waals surface area contributed by atoms with Crippen LogP contribution in [0, 0.1) is 5.41 Å². The number of esters is 1. The quantitative estimate of drug-likeness (QED) is 0.526. The lowest BCUT2D eigenvalue weighted by Crippen LogP contribution is -2.52. The van der Waals surface area contributed by atoms with Crippen LogP contribution in [0.4, 0.5) is 0 Å². The Bertz CT molecular complexity index is 710. The summed E-state index contributed by atoms with van der Waals surface area (Å²) in [5.41, 5.74) is -1.02. The monoisotopic (exact) mass is 430 g/mol. The molecule has 0 bridgehead atoms. The standard InChI is InChI=1S/C20H34O8Si/c1-18(2,3)29(8,9)25-10-20-11(16(22)24-7)12(21)13(23-6)14(20)26-17-15(20)27-19(4,5)28-17/h13-15,17,21H,10H2,1-9H3/t13-,14+,15-,17+,20-/m0/s1. The van der Waals surface area contributed by atoms with Crippen molar-refractivity contribution in [1.82, 2.24) is 0 Å². The van der Waals surface area contributed by atoms with Crippen LogP contribution in [-0.4, -0.2) is 70.6 Å². The summed E-state index contributed by atoms with van der Waals surface area (Å²) in [6.07, 6.45) is -2.89.